The number of hydrogen-bond donors (Lipinski definition) is 2. The SMILES string of the molecule is CC1C(C(=O)O)SC2NC(=O)C=C(CSC34CC5CC(CC(C5)C3)C4)C21. The number of aliphatic carboxylic acids is 1. The van der Waals surface area contributed by atoms with Crippen molar-refractivity contribution >= 4 is 35.4 Å². The number of carboxylic acids is 1. The van der Waals surface area contributed by atoms with E-state index in [0.29, 0.717) is 4.75 Å². The quantitative estimate of drug-likeness (QED) is 0.765. The Morgan fingerprint density at radius 1 is 1.27 bits per heavy atom. The normalized spacial score (nSPS) is 48.9. The molecular formula is C20H27NO3S2. The second-order valence-electron chi connectivity index (χ2n) is 9.32. The fourth-order valence-corrected chi connectivity index (χ4v) is 10.2. The van der Waals surface area contributed by atoms with Gasteiger partial charge in [-0.1, -0.05) is 6.92 Å². The molecule has 1 amide bonds. The van der Waals surface area contributed by atoms with Crippen molar-refractivity contribution in [3.05, 3.63) is 11.6 Å². The van der Waals surface area contributed by atoms with Crippen molar-refractivity contribution in [3.63, 3.8) is 0 Å². The largest absolute Gasteiger partial charge is 0.480 e. The third-order valence-electron chi connectivity index (χ3n) is 7.46. The number of thioether (sulfide) groups is 2. The Balaban J connectivity index is 1.33. The number of fused-ring (bicyclic) bond motifs is 1. The summed E-state index contributed by atoms with van der Waals surface area (Å²) in [5, 5.41) is 12.0. The molecule has 1 saturated heterocycles. The summed E-state index contributed by atoms with van der Waals surface area (Å²) in [6.45, 7) is 2.04. The summed E-state index contributed by atoms with van der Waals surface area (Å²) in [7, 11) is 0. The highest BCUT2D eigenvalue weighted by Gasteiger charge is 2.52. The smallest absolute Gasteiger partial charge is 0.316 e. The molecule has 0 aromatic rings. The van der Waals surface area contributed by atoms with Crippen LogP contribution in [0.15, 0.2) is 11.6 Å². The van der Waals surface area contributed by atoms with E-state index in [1.54, 1.807) is 6.08 Å². The van der Waals surface area contributed by atoms with Crippen molar-refractivity contribution in [1.82, 2.24) is 5.32 Å². The molecule has 5 fully saturated rings. The standard InChI is InChI=1S/C20H27NO3S2/c1-10-16-14(5-15(22)21-18(16)26-17(10)19(23)24)9-25-20-6-11-2-12(7-20)4-13(3-11)8-20/h5,10-13,16-18H,2-4,6-9H2,1H3,(H,21,22)(H,23,24). The zero-order valence-electron chi connectivity index (χ0n) is 15.1. The summed E-state index contributed by atoms with van der Waals surface area (Å²) in [5.41, 5.74) is 1.18. The van der Waals surface area contributed by atoms with E-state index in [9.17, 15) is 14.7 Å². The molecule has 0 spiro atoms. The van der Waals surface area contributed by atoms with Crippen LogP contribution in [0.25, 0.3) is 0 Å². The first-order valence-corrected chi connectivity index (χ1v) is 11.9. The lowest BCUT2D eigenvalue weighted by Gasteiger charge is -2.56. The summed E-state index contributed by atoms with van der Waals surface area (Å²) >= 11 is 3.52. The average Bonchev–Trinajstić information content (AvgIpc) is 2.88. The minimum absolute atomic E-state index is 0.0434. The number of carboxylic acid groups (broad SMARTS) is 1. The van der Waals surface area contributed by atoms with Crippen LogP contribution in [0.3, 0.4) is 0 Å². The van der Waals surface area contributed by atoms with E-state index in [4.69, 9.17) is 0 Å². The van der Waals surface area contributed by atoms with Crippen LogP contribution < -0.4 is 5.32 Å². The van der Waals surface area contributed by atoms with Gasteiger partial charge in [-0.05, 0) is 67.8 Å². The highest BCUT2D eigenvalue weighted by Crippen LogP contribution is 2.61. The molecule has 4 nitrogen and oxygen atoms in total. The molecule has 0 aromatic carbocycles. The van der Waals surface area contributed by atoms with E-state index < -0.39 is 11.2 Å². The van der Waals surface area contributed by atoms with E-state index >= 15 is 0 Å². The van der Waals surface area contributed by atoms with E-state index in [2.05, 4.69) is 17.1 Å². The zero-order valence-corrected chi connectivity index (χ0v) is 16.8. The van der Waals surface area contributed by atoms with Crippen LogP contribution >= 0.6 is 23.5 Å². The summed E-state index contributed by atoms with van der Waals surface area (Å²) in [6.07, 6.45) is 10.2. The van der Waals surface area contributed by atoms with E-state index in [-0.39, 0.29) is 23.1 Å². The van der Waals surface area contributed by atoms with Crippen molar-refractivity contribution in [1.29, 1.82) is 0 Å². The molecule has 4 aliphatic carbocycles. The lowest BCUT2D eigenvalue weighted by molar-refractivity contribution is -0.137. The molecule has 2 aliphatic heterocycles. The first-order chi connectivity index (χ1) is 12.4. The number of amides is 1. The van der Waals surface area contributed by atoms with Crippen molar-refractivity contribution in [2.75, 3.05) is 5.75 Å². The van der Waals surface area contributed by atoms with Gasteiger partial charge in [0.2, 0.25) is 5.91 Å². The maximum atomic E-state index is 12.2. The van der Waals surface area contributed by atoms with Gasteiger partial charge in [0, 0.05) is 22.5 Å². The molecule has 26 heavy (non-hydrogen) atoms. The van der Waals surface area contributed by atoms with Crippen LogP contribution in [0.5, 0.6) is 0 Å². The maximum absolute atomic E-state index is 12.2. The highest BCUT2D eigenvalue weighted by molar-refractivity contribution is 8.01. The molecule has 6 aliphatic rings. The first kappa shape index (κ1) is 17.5. The van der Waals surface area contributed by atoms with Crippen LogP contribution in [-0.4, -0.2) is 38.1 Å². The van der Waals surface area contributed by atoms with E-state index in [1.165, 1.54) is 55.9 Å². The van der Waals surface area contributed by atoms with Crippen molar-refractivity contribution in [2.24, 2.45) is 29.6 Å². The summed E-state index contributed by atoms with van der Waals surface area (Å²) in [4.78, 5) is 23.7. The molecule has 4 atom stereocenters. The molecule has 6 heteroatoms. The van der Waals surface area contributed by atoms with Gasteiger partial charge in [0.1, 0.15) is 5.25 Å². The third-order valence-corrected chi connectivity index (χ3v) is 10.7. The van der Waals surface area contributed by atoms with Crippen molar-refractivity contribution < 1.29 is 14.7 Å². The van der Waals surface area contributed by atoms with Crippen molar-refractivity contribution in [2.45, 2.75) is 60.8 Å². The maximum Gasteiger partial charge on any atom is 0.316 e. The van der Waals surface area contributed by atoms with Gasteiger partial charge in [0.05, 0.1) is 5.37 Å². The Labute approximate surface area is 163 Å². The topological polar surface area (TPSA) is 66.4 Å². The molecule has 6 rings (SSSR count). The van der Waals surface area contributed by atoms with Crippen LogP contribution in [0, 0.1) is 29.6 Å². The van der Waals surface area contributed by atoms with Crippen molar-refractivity contribution in [3.8, 4) is 0 Å². The zero-order chi connectivity index (χ0) is 18.1. The number of carbonyl (C=O) groups excluding carboxylic acids is 1. The number of nitrogens with one attached hydrogen (secondary N) is 1. The number of rotatable bonds is 4. The predicted octanol–water partition coefficient (Wildman–Crippen LogP) is 3.52. The Hall–Kier alpha value is -0.620. The van der Waals surface area contributed by atoms with E-state index in [0.717, 1.165) is 23.5 Å². The third kappa shape index (κ3) is 2.83. The Bertz CT molecular complexity index is 639. The van der Waals surface area contributed by atoms with Crippen LogP contribution in [0.4, 0.5) is 0 Å². The lowest BCUT2D eigenvalue weighted by Crippen LogP contribution is -2.49. The second-order valence-corrected chi connectivity index (χ2v) is 12.0. The molecule has 4 unspecified atom stereocenters. The molecule has 4 bridgehead atoms. The van der Waals surface area contributed by atoms with Gasteiger partial charge in [-0.25, -0.2) is 0 Å². The number of carbonyl (C=O) groups is 2. The van der Waals surface area contributed by atoms with Gasteiger partial charge in [0.15, 0.2) is 0 Å². The molecule has 142 valence electrons. The fraction of sp³-hybridized carbons (Fsp3) is 0.800. The average molecular weight is 394 g/mol. The monoisotopic (exact) mass is 393 g/mol. The van der Waals surface area contributed by atoms with Crippen LogP contribution in [0.2, 0.25) is 0 Å². The molecule has 2 N–H and O–H groups in total. The Morgan fingerprint density at radius 2 is 1.88 bits per heavy atom. The molecular weight excluding hydrogens is 366 g/mol. The van der Waals surface area contributed by atoms with Gasteiger partial charge >= 0.3 is 5.97 Å². The first-order valence-electron chi connectivity index (χ1n) is 9.96. The van der Waals surface area contributed by atoms with Gasteiger partial charge in [-0.2, -0.15) is 11.8 Å². The van der Waals surface area contributed by atoms with Crippen LogP contribution in [-0.2, 0) is 9.59 Å². The predicted molar refractivity (Wildman–Crippen MR) is 105 cm³/mol. The summed E-state index contributed by atoms with van der Waals surface area (Å²) < 4.78 is 0.431. The van der Waals surface area contributed by atoms with Gasteiger partial charge < -0.3 is 10.4 Å². The number of hydrogen-bond acceptors (Lipinski definition) is 4. The van der Waals surface area contributed by atoms with Crippen LogP contribution in [0.1, 0.15) is 45.4 Å². The van der Waals surface area contributed by atoms with Gasteiger partial charge in [0.25, 0.3) is 0 Å². The molecule has 2 heterocycles. The Kier molecular flexibility index (Phi) is 4.16. The minimum atomic E-state index is -0.751. The van der Waals surface area contributed by atoms with E-state index in [1.807, 2.05) is 6.92 Å². The summed E-state index contributed by atoms with van der Waals surface area (Å²) in [5.74, 6) is 3.13. The highest BCUT2D eigenvalue weighted by atomic mass is 32.2. The second kappa shape index (κ2) is 6.20. The summed E-state index contributed by atoms with van der Waals surface area (Å²) in [6, 6.07) is 0. The lowest BCUT2D eigenvalue weighted by atomic mass is 9.56. The molecule has 0 radical (unpaired) electrons. The molecule has 0 aromatic heterocycles. The molecule has 4 saturated carbocycles. The minimum Gasteiger partial charge on any atom is -0.480 e. The fourth-order valence-electron chi connectivity index (χ4n) is 6.80. The van der Waals surface area contributed by atoms with Gasteiger partial charge in [-0.15, -0.1) is 11.8 Å². The van der Waals surface area contributed by atoms with Gasteiger partial charge in [-0.3, -0.25) is 9.59 Å². The Morgan fingerprint density at radius 3 is 2.46 bits per heavy atom.